The fourth-order valence-electron chi connectivity index (χ4n) is 2.79. The van der Waals surface area contributed by atoms with Crippen LogP contribution in [0, 0.1) is 17.0 Å². The van der Waals surface area contributed by atoms with Crippen LogP contribution < -0.4 is 11.2 Å². The largest absolute Gasteiger partial charge is 0.378 e. The predicted octanol–water partition coefficient (Wildman–Crippen LogP) is 1.88. The van der Waals surface area contributed by atoms with Crippen LogP contribution in [0.3, 0.4) is 0 Å². The number of nitrogens with one attached hydrogen (secondary N) is 1. The van der Waals surface area contributed by atoms with E-state index in [0.29, 0.717) is 16.8 Å². The number of rotatable bonds is 6. The molecule has 0 bridgehead atoms. The van der Waals surface area contributed by atoms with E-state index < -0.39 is 10.8 Å². The van der Waals surface area contributed by atoms with E-state index in [2.05, 4.69) is 35.8 Å². The number of hydrogen-bond donors (Lipinski definition) is 2. The van der Waals surface area contributed by atoms with Gasteiger partial charge in [0, 0.05) is 17.7 Å². The van der Waals surface area contributed by atoms with Gasteiger partial charge >= 0.3 is 0 Å². The molecule has 160 valence electrons. The molecule has 0 aliphatic rings. The maximum atomic E-state index is 12.8. The highest BCUT2D eigenvalue weighted by Gasteiger charge is 2.25. The Labute approximate surface area is 179 Å². The first-order valence-electron chi connectivity index (χ1n) is 9.13. The summed E-state index contributed by atoms with van der Waals surface area (Å²) < 4.78 is 5.89. The van der Waals surface area contributed by atoms with E-state index >= 15 is 0 Å². The molecule has 3 N–H and O–H groups in total. The number of anilines is 1. The number of aryl methyl sites for hydroxylation is 1. The molecule has 0 aliphatic carbocycles. The zero-order valence-electron chi connectivity index (χ0n) is 16.5. The lowest BCUT2D eigenvalue weighted by molar-refractivity contribution is -0.384. The van der Waals surface area contributed by atoms with Gasteiger partial charge in [0.1, 0.15) is 5.69 Å². The van der Waals surface area contributed by atoms with Crippen LogP contribution in [-0.2, 0) is 0 Å². The van der Waals surface area contributed by atoms with Crippen molar-refractivity contribution >= 4 is 23.6 Å². The Bertz CT molecular complexity index is 1310. The van der Waals surface area contributed by atoms with Crippen LogP contribution >= 0.6 is 0 Å². The van der Waals surface area contributed by atoms with Crippen molar-refractivity contribution in [3.05, 3.63) is 75.5 Å². The number of aromatic nitrogens is 5. The number of nitro groups is 1. The summed E-state index contributed by atoms with van der Waals surface area (Å²) in [5.74, 6) is -0.576. The second-order valence-corrected chi connectivity index (χ2v) is 6.59. The quantitative estimate of drug-likeness (QED) is 0.261. The van der Waals surface area contributed by atoms with Gasteiger partial charge in [0.25, 0.3) is 11.6 Å². The molecule has 4 aromatic rings. The highest BCUT2D eigenvalue weighted by molar-refractivity contribution is 5.98. The van der Waals surface area contributed by atoms with Crippen LogP contribution in [0.5, 0.6) is 0 Å². The van der Waals surface area contributed by atoms with Gasteiger partial charge in [0.15, 0.2) is 5.69 Å². The summed E-state index contributed by atoms with van der Waals surface area (Å²) in [7, 11) is 0. The van der Waals surface area contributed by atoms with Crippen molar-refractivity contribution < 1.29 is 14.3 Å². The molecule has 1 amide bonds. The van der Waals surface area contributed by atoms with Gasteiger partial charge < -0.3 is 5.73 Å². The highest BCUT2D eigenvalue weighted by atomic mass is 16.6. The standard InChI is InChI=1S/C19H15N9O4/c1-11-2-6-13(7-3-11)16-15(22-26-27(16)18-17(20)24-32-25-18)19(29)23-21-10-12-4-8-14(9-5-12)28(30)31/h2-10H,1H3,(H2,20,24)(H,23,29)/b21-10-. The second kappa shape index (κ2) is 8.43. The third-order valence-electron chi connectivity index (χ3n) is 4.39. The summed E-state index contributed by atoms with van der Waals surface area (Å²) in [6.45, 7) is 1.93. The number of nitro benzene ring substituents is 1. The number of amides is 1. The lowest BCUT2D eigenvalue weighted by atomic mass is 10.1. The molecular formula is C19H15N9O4. The number of carbonyl (C=O) groups is 1. The monoisotopic (exact) mass is 433 g/mol. The van der Waals surface area contributed by atoms with Gasteiger partial charge in [-0.1, -0.05) is 35.0 Å². The van der Waals surface area contributed by atoms with Gasteiger partial charge in [-0.25, -0.2) is 10.1 Å². The van der Waals surface area contributed by atoms with Crippen LogP contribution in [-0.4, -0.2) is 42.4 Å². The molecule has 13 nitrogen and oxygen atoms in total. The highest BCUT2D eigenvalue weighted by Crippen LogP contribution is 2.26. The number of carbonyl (C=O) groups excluding carboxylic acids is 1. The predicted molar refractivity (Wildman–Crippen MR) is 112 cm³/mol. The Morgan fingerprint density at radius 1 is 1.19 bits per heavy atom. The third-order valence-corrected chi connectivity index (χ3v) is 4.39. The zero-order chi connectivity index (χ0) is 22.7. The van der Waals surface area contributed by atoms with Crippen LogP contribution in [0.25, 0.3) is 17.1 Å². The van der Waals surface area contributed by atoms with Crippen LogP contribution in [0.15, 0.2) is 58.3 Å². The molecule has 2 aromatic carbocycles. The molecule has 0 unspecified atom stereocenters. The smallest absolute Gasteiger partial charge is 0.294 e. The van der Waals surface area contributed by atoms with Crippen molar-refractivity contribution in [2.75, 3.05) is 5.73 Å². The fraction of sp³-hybridized carbons (Fsp3) is 0.0526. The minimum atomic E-state index is -0.639. The Morgan fingerprint density at radius 3 is 2.53 bits per heavy atom. The topological polar surface area (TPSA) is 180 Å². The second-order valence-electron chi connectivity index (χ2n) is 6.59. The Kier molecular flexibility index (Phi) is 5.36. The molecule has 0 atom stereocenters. The molecule has 0 saturated carbocycles. The first-order chi connectivity index (χ1) is 15.4. The first kappa shape index (κ1) is 20.3. The van der Waals surface area contributed by atoms with Gasteiger partial charge in [0.05, 0.1) is 11.1 Å². The molecule has 2 heterocycles. The van der Waals surface area contributed by atoms with Crippen molar-refractivity contribution in [2.45, 2.75) is 6.92 Å². The number of nitrogens with two attached hydrogens (primary N) is 1. The molecule has 2 aromatic heterocycles. The van der Waals surface area contributed by atoms with E-state index in [0.717, 1.165) is 5.56 Å². The summed E-state index contributed by atoms with van der Waals surface area (Å²) in [6.07, 6.45) is 1.34. The summed E-state index contributed by atoms with van der Waals surface area (Å²) >= 11 is 0. The van der Waals surface area contributed by atoms with Crippen molar-refractivity contribution in [1.29, 1.82) is 0 Å². The Hall–Kier alpha value is -4.94. The van der Waals surface area contributed by atoms with Gasteiger partial charge in [-0.15, -0.1) is 5.10 Å². The number of non-ortho nitro benzene ring substituents is 1. The summed E-state index contributed by atoms with van der Waals surface area (Å²) in [6, 6.07) is 13.0. The number of hydrogen-bond acceptors (Lipinski definition) is 10. The fourth-order valence-corrected chi connectivity index (χ4v) is 2.79. The van der Waals surface area contributed by atoms with Crippen LogP contribution in [0.4, 0.5) is 11.5 Å². The van der Waals surface area contributed by atoms with Gasteiger partial charge in [0.2, 0.25) is 11.6 Å². The number of hydrazone groups is 1. The van der Waals surface area contributed by atoms with Crippen LogP contribution in [0.2, 0.25) is 0 Å². The molecule has 32 heavy (non-hydrogen) atoms. The maximum absolute atomic E-state index is 12.8. The van der Waals surface area contributed by atoms with E-state index in [1.807, 2.05) is 19.1 Å². The van der Waals surface area contributed by atoms with Crippen molar-refractivity contribution in [1.82, 2.24) is 30.7 Å². The molecule has 0 saturated heterocycles. The van der Waals surface area contributed by atoms with Crippen molar-refractivity contribution in [2.24, 2.45) is 5.10 Å². The van der Waals surface area contributed by atoms with Gasteiger partial charge in [-0.05, 0) is 34.9 Å². The van der Waals surface area contributed by atoms with Gasteiger partial charge in [-0.3, -0.25) is 14.9 Å². The maximum Gasteiger partial charge on any atom is 0.294 e. The Balaban J connectivity index is 1.63. The molecule has 0 fully saturated rings. The molecule has 0 radical (unpaired) electrons. The van der Waals surface area contributed by atoms with Gasteiger partial charge in [-0.2, -0.15) is 9.78 Å². The minimum absolute atomic E-state index is 0.0218. The Morgan fingerprint density at radius 2 is 1.91 bits per heavy atom. The number of benzene rings is 2. The minimum Gasteiger partial charge on any atom is -0.378 e. The van der Waals surface area contributed by atoms with E-state index in [4.69, 9.17) is 5.73 Å². The lowest BCUT2D eigenvalue weighted by Gasteiger charge is -2.06. The normalized spacial score (nSPS) is 11.0. The summed E-state index contributed by atoms with van der Waals surface area (Å²) in [4.78, 5) is 23.0. The molecule has 0 aliphatic heterocycles. The number of nitrogens with zero attached hydrogens (tertiary/aromatic N) is 7. The van der Waals surface area contributed by atoms with Crippen molar-refractivity contribution in [3.8, 4) is 17.1 Å². The van der Waals surface area contributed by atoms with Crippen molar-refractivity contribution in [3.63, 3.8) is 0 Å². The third kappa shape index (κ3) is 4.02. The first-order valence-corrected chi connectivity index (χ1v) is 9.13. The van der Waals surface area contributed by atoms with E-state index in [1.165, 1.54) is 35.2 Å². The molecule has 13 heteroatoms. The average Bonchev–Trinajstić information content (AvgIpc) is 3.40. The summed E-state index contributed by atoms with van der Waals surface area (Å²) in [5, 5.41) is 29.8. The SMILES string of the molecule is Cc1ccc(-c2c(C(=O)N/N=C\c3ccc([N+](=O)[O-])cc3)nnn2-c2nonc2N)cc1. The van der Waals surface area contributed by atoms with E-state index in [9.17, 15) is 14.9 Å². The number of nitrogen functional groups attached to an aromatic ring is 1. The average molecular weight is 433 g/mol. The zero-order valence-corrected chi connectivity index (χ0v) is 16.5. The van der Waals surface area contributed by atoms with E-state index in [-0.39, 0.29) is 23.0 Å². The molecule has 0 spiro atoms. The van der Waals surface area contributed by atoms with Crippen LogP contribution in [0.1, 0.15) is 21.6 Å². The van der Waals surface area contributed by atoms with E-state index in [1.54, 1.807) is 12.1 Å². The molecule has 4 rings (SSSR count). The summed E-state index contributed by atoms with van der Waals surface area (Å²) in [5.41, 5.74) is 10.6. The molecular weight excluding hydrogens is 418 g/mol. The lowest BCUT2D eigenvalue weighted by Crippen LogP contribution is -2.19.